The Morgan fingerprint density at radius 1 is 1.08 bits per heavy atom. The molecule has 0 radical (unpaired) electrons. The summed E-state index contributed by atoms with van der Waals surface area (Å²) in [5, 5.41) is 0.732. The van der Waals surface area contributed by atoms with Gasteiger partial charge in [0.2, 0.25) is 0 Å². The van der Waals surface area contributed by atoms with Gasteiger partial charge in [-0.25, -0.2) is 12.8 Å². The van der Waals surface area contributed by atoms with Crippen LogP contribution in [0.1, 0.15) is 35.8 Å². The first-order valence-corrected chi connectivity index (χ1v) is 15.2. The summed E-state index contributed by atoms with van der Waals surface area (Å²) in [7, 11) is -3.88. The summed E-state index contributed by atoms with van der Waals surface area (Å²) >= 11 is 1.98. The van der Waals surface area contributed by atoms with Crippen LogP contribution in [0.15, 0.2) is 83.9 Å². The van der Waals surface area contributed by atoms with Gasteiger partial charge in [0.15, 0.2) is 0 Å². The minimum absolute atomic E-state index is 0.0282. The Hall–Kier alpha value is -3.09. The van der Waals surface area contributed by atoms with Gasteiger partial charge in [-0.15, -0.1) is 0 Å². The van der Waals surface area contributed by atoms with Gasteiger partial charge in [-0.1, -0.05) is 24.3 Å². The van der Waals surface area contributed by atoms with Crippen LogP contribution in [0.4, 0.5) is 10.1 Å². The lowest BCUT2D eigenvalue weighted by Crippen LogP contribution is -2.54. The summed E-state index contributed by atoms with van der Waals surface area (Å²) in [6.07, 6.45) is 1.56. The molecule has 0 spiro atoms. The summed E-state index contributed by atoms with van der Waals surface area (Å²) < 4.78 is 43.5. The number of nitrogens with one attached hydrogen (secondary N) is 1. The maximum Gasteiger partial charge on any atom is 0.264 e. The van der Waals surface area contributed by atoms with Gasteiger partial charge in [-0.3, -0.25) is 19.4 Å². The molecule has 4 aromatic rings. The molecule has 202 valence electrons. The number of piperazine rings is 1. The van der Waals surface area contributed by atoms with Gasteiger partial charge in [0.05, 0.1) is 5.52 Å². The number of benzene rings is 3. The lowest BCUT2D eigenvalue weighted by atomic mass is 10.0. The summed E-state index contributed by atoms with van der Waals surface area (Å²) in [6.45, 7) is 5.94. The largest absolute Gasteiger partial charge is 0.333 e. The second kappa shape index (κ2) is 11.2. The maximum absolute atomic E-state index is 14.1. The van der Waals surface area contributed by atoms with Crippen molar-refractivity contribution in [3.63, 3.8) is 0 Å². The molecule has 7 nitrogen and oxygen atoms in total. The van der Waals surface area contributed by atoms with E-state index in [-0.39, 0.29) is 28.7 Å². The van der Waals surface area contributed by atoms with Gasteiger partial charge >= 0.3 is 0 Å². The van der Waals surface area contributed by atoms with Gasteiger partial charge in [0, 0.05) is 58.1 Å². The normalized spacial score (nSPS) is 17.2. The van der Waals surface area contributed by atoms with Crippen molar-refractivity contribution in [2.75, 3.05) is 24.4 Å². The first-order valence-electron chi connectivity index (χ1n) is 12.6. The van der Waals surface area contributed by atoms with Crippen LogP contribution in [-0.4, -0.2) is 54.8 Å². The topological polar surface area (TPSA) is 82.6 Å². The molecular formula is C29H28FIN4O3S. The number of nitrogens with zero attached hydrogens (tertiary/aromatic N) is 3. The van der Waals surface area contributed by atoms with E-state index in [1.54, 1.807) is 54.7 Å². The molecule has 2 heterocycles. The SMILES string of the molecule is CC(c1ccc(I)c(F)c1)N1CCN(C(=O)c2ccc(NS(=O)(=O)c3cccc4cccnc34)cc2)[C@@H](C)C1. The Bertz CT molecular complexity index is 1630. The Labute approximate surface area is 241 Å². The van der Waals surface area contributed by atoms with Crippen LogP contribution in [0.5, 0.6) is 0 Å². The van der Waals surface area contributed by atoms with Gasteiger partial charge in [-0.2, -0.15) is 0 Å². The number of hydrogen-bond donors (Lipinski definition) is 1. The number of anilines is 1. The number of carbonyl (C=O) groups excluding carboxylic acids is 1. The highest BCUT2D eigenvalue weighted by Gasteiger charge is 2.31. The molecule has 1 fully saturated rings. The van der Waals surface area contributed by atoms with E-state index in [9.17, 15) is 17.6 Å². The summed E-state index contributed by atoms with van der Waals surface area (Å²) in [4.78, 5) is 21.7. The first kappa shape index (κ1) is 27.5. The standard InChI is InChI=1S/C29H28FIN4O3S/c1-19-18-34(20(2)23-10-13-26(31)25(30)17-23)15-16-35(19)29(36)22-8-11-24(12-9-22)33-39(37,38)27-7-3-5-21-6-4-14-32-28(21)27/h3-14,17,19-20,33H,15-16,18H2,1-2H3/t19-,20?/m0/s1. The number of amides is 1. The van der Waals surface area contributed by atoms with Gasteiger partial charge < -0.3 is 4.90 Å². The van der Waals surface area contributed by atoms with E-state index in [1.807, 2.05) is 52.6 Å². The zero-order valence-electron chi connectivity index (χ0n) is 21.5. The molecule has 0 saturated carbocycles. The molecule has 1 amide bonds. The number of carbonyl (C=O) groups is 1. The molecule has 0 bridgehead atoms. The highest BCUT2D eigenvalue weighted by molar-refractivity contribution is 14.1. The van der Waals surface area contributed by atoms with Crippen LogP contribution in [0.3, 0.4) is 0 Å². The molecule has 1 unspecified atom stereocenters. The van der Waals surface area contributed by atoms with E-state index < -0.39 is 10.0 Å². The second-order valence-corrected chi connectivity index (χ2v) is 12.5. The summed E-state index contributed by atoms with van der Waals surface area (Å²) in [5.74, 6) is -0.330. The molecule has 1 aromatic heterocycles. The zero-order chi connectivity index (χ0) is 27.7. The van der Waals surface area contributed by atoms with Crippen molar-refractivity contribution in [3.8, 4) is 0 Å². The number of hydrogen-bond acceptors (Lipinski definition) is 5. The fourth-order valence-corrected chi connectivity index (χ4v) is 6.55. The second-order valence-electron chi connectivity index (χ2n) is 9.71. The van der Waals surface area contributed by atoms with E-state index in [1.165, 1.54) is 6.07 Å². The van der Waals surface area contributed by atoms with Gasteiger partial charge in [0.25, 0.3) is 15.9 Å². The molecule has 10 heteroatoms. The minimum Gasteiger partial charge on any atom is -0.333 e. The third kappa shape index (κ3) is 5.78. The maximum atomic E-state index is 14.1. The van der Waals surface area contributed by atoms with Gasteiger partial charge in [0.1, 0.15) is 10.7 Å². The van der Waals surface area contributed by atoms with Crippen LogP contribution < -0.4 is 4.72 Å². The minimum atomic E-state index is -3.88. The fraction of sp³-hybridized carbons (Fsp3) is 0.241. The number of aromatic nitrogens is 1. The third-order valence-corrected chi connectivity index (χ3v) is 9.45. The van der Waals surface area contributed by atoms with E-state index >= 15 is 0 Å². The molecule has 39 heavy (non-hydrogen) atoms. The third-order valence-electron chi connectivity index (χ3n) is 7.16. The lowest BCUT2D eigenvalue weighted by Gasteiger charge is -2.42. The molecule has 3 aromatic carbocycles. The lowest BCUT2D eigenvalue weighted by molar-refractivity contribution is 0.0406. The predicted molar refractivity (Wildman–Crippen MR) is 159 cm³/mol. The molecule has 1 aliphatic heterocycles. The Morgan fingerprint density at radius 2 is 1.82 bits per heavy atom. The average Bonchev–Trinajstić information content (AvgIpc) is 2.93. The van der Waals surface area contributed by atoms with Crippen molar-refractivity contribution in [1.29, 1.82) is 0 Å². The smallest absolute Gasteiger partial charge is 0.264 e. The predicted octanol–water partition coefficient (Wildman–Crippen LogP) is 5.69. The van der Waals surface area contributed by atoms with Crippen molar-refractivity contribution < 1.29 is 17.6 Å². The summed E-state index contributed by atoms with van der Waals surface area (Å²) in [5.41, 5.74) is 2.15. The molecule has 5 rings (SSSR count). The van der Waals surface area contributed by atoms with Crippen molar-refractivity contribution in [2.24, 2.45) is 0 Å². The van der Waals surface area contributed by atoms with Crippen molar-refractivity contribution in [1.82, 2.24) is 14.8 Å². The number of sulfonamides is 1. The Morgan fingerprint density at radius 3 is 2.54 bits per heavy atom. The van der Waals surface area contributed by atoms with Crippen LogP contribution in [-0.2, 0) is 10.0 Å². The highest BCUT2D eigenvalue weighted by Crippen LogP contribution is 2.27. The molecule has 1 saturated heterocycles. The molecule has 2 atom stereocenters. The fourth-order valence-electron chi connectivity index (χ4n) is 4.97. The first-order chi connectivity index (χ1) is 18.6. The van der Waals surface area contributed by atoms with Crippen molar-refractivity contribution >= 4 is 55.1 Å². The van der Waals surface area contributed by atoms with E-state index in [0.717, 1.165) is 10.9 Å². The molecule has 1 N–H and O–H groups in total. The van der Waals surface area contributed by atoms with Crippen LogP contribution in [0, 0.1) is 9.39 Å². The van der Waals surface area contributed by atoms with Crippen LogP contribution in [0.2, 0.25) is 0 Å². The molecule has 1 aliphatic rings. The van der Waals surface area contributed by atoms with E-state index in [0.29, 0.717) is 40.0 Å². The number of para-hydroxylation sites is 1. The van der Waals surface area contributed by atoms with Crippen LogP contribution >= 0.6 is 22.6 Å². The van der Waals surface area contributed by atoms with Crippen molar-refractivity contribution in [2.45, 2.75) is 30.8 Å². The molecule has 0 aliphatic carbocycles. The Kier molecular flexibility index (Phi) is 7.88. The number of halogens is 2. The number of fused-ring (bicyclic) bond motifs is 1. The average molecular weight is 659 g/mol. The number of rotatable bonds is 6. The monoisotopic (exact) mass is 658 g/mol. The van der Waals surface area contributed by atoms with Crippen molar-refractivity contribution in [3.05, 3.63) is 99.5 Å². The molecular weight excluding hydrogens is 630 g/mol. The van der Waals surface area contributed by atoms with E-state index in [4.69, 9.17) is 0 Å². The Balaban J connectivity index is 1.25. The van der Waals surface area contributed by atoms with Gasteiger partial charge in [-0.05, 0) is 90.5 Å². The zero-order valence-corrected chi connectivity index (χ0v) is 24.5. The summed E-state index contributed by atoms with van der Waals surface area (Å²) in [6, 6.07) is 20.3. The quantitative estimate of drug-likeness (QED) is 0.270. The van der Waals surface area contributed by atoms with Crippen LogP contribution in [0.25, 0.3) is 10.9 Å². The highest BCUT2D eigenvalue weighted by atomic mass is 127. The van der Waals surface area contributed by atoms with E-state index in [2.05, 4.69) is 21.5 Å². The number of pyridine rings is 1.